The van der Waals surface area contributed by atoms with Crippen molar-refractivity contribution in [3.63, 3.8) is 0 Å². The minimum absolute atomic E-state index is 0.627. The van der Waals surface area contributed by atoms with Crippen LogP contribution in [-0.2, 0) is 4.65 Å². The van der Waals surface area contributed by atoms with Crippen LogP contribution in [0.15, 0.2) is 34.7 Å². The molecule has 0 aliphatic heterocycles. The van der Waals surface area contributed by atoms with Gasteiger partial charge in [-0.05, 0) is 52.2 Å². The van der Waals surface area contributed by atoms with Gasteiger partial charge in [-0.3, -0.25) is 0 Å². The van der Waals surface area contributed by atoms with E-state index in [1.165, 1.54) is 0 Å². The van der Waals surface area contributed by atoms with Crippen molar-refractivity contribution in [1.82, 2.24) is 4.98 Å². The van der Waals surface area contributed by atoms with Crippen molar-refractivity contribution in [2.24, 2.45) is 0 Å². The summed E-state index contributed by atoms with van der Waals surface area (Å²) in [6, 6.07) is 9.90. The molecule has 5 heteroatoms. The molecule has 1 radical (unpaired) electrons. The first kappa shape index (κ1) is 16.0. The second kappa shape index (κ2) is 5.36. The number of furan rings is 1. The summed E-state index contributed by atoms with van der Waals surface area (Å²) in [7, 11) is 1.65. The van der Waals surface area contributed by atoms with E-state index in [1.54, 1.807) is 21.3 Å². The Balaban J connectivity index is 2.00. The van der Waals surface area contributed by atoms with Crippen LogP contribution in [0.25, 0.3) is 22.1 Å². The van der Waals surface area contributed by atoms with Gasteiger partial charge >= 0.3 is 7.48 Å². The van der Waals surface area contributed by atoms with Gasteiger partial charge in [0.25, 0.3) is 0 Å². The van der Waals surface area contributed by atoms with Crippen molar-refractivity contribution in [1.29, 1.82) is 0 Å². The van der Waals surface area contributed by atoms with Gasteiger partial charge in [0.2, 0.25) is 5.71 Å². The summed E-state index contributed by atoms with van der Waals surface area (Å²) in [6.45, 7) is 9.11. The second-order valence-corrected chi connectivity index (χ2v) is 6.94. The van der Waals surface area contributed by atoms with Gasteiger partial charge in [0, 0.05) is 16.5 Å². The fourth-order valence-corrected chi connectivity index (χ4v) is 2.24. The van der Waals surface area contributed by atoms with E-state index in [9.17, 15) is 5.11 Å². The number of aromatic nitrogens is 1. The topological polar surface area (TPSA) is 55.5 Å². The van der Waals surface area contributed by atoms with Crippen LogP contribution in [0.1, 0.15) is 33.4 Å². The zero-order valence-corrected chi connectivity index (χ0v) is 14.2. The van der Waals surface area contributed by atoms with Gasteiger partial charge in [-0.15, -0.1) is 0 Å². The minimum atomic E-state index is -0.968. The Hall–Kier alpha value is -1.85. The number of fused-ring (bicyclic) bond motifs is 3. The number of aliphatic hydroxyl groups is 1. The van der Waals surface area contributed by atoms with Crippen molar-refractivity contribution in [2.75, 3.05) is 0 Å². The predicted octanol–water partition coefficient (Wildman–Crippen LogP) is 3.10. The molecule has 3 aromatic rings. The highest BCUT2D eigenvalue weighted by Crippen LogP contribution is 2.27. The molecule has 0 atom stereocenters. The van der Waals surface area contributed by atoms with E-state index >= 15 is 0 Å². The molecule has 0 aliphatic carbocycles. The van der Waals surface area contributed by atoms with Crippen molar-refractivity contribution in [3.8, 4) is 0 Å². The molecular formula is C18H21BNO3. The summed E-state index contributed by atoms with van der Waals surface area (Å²) in [5.74, 6) is 0. The number of pyridine rings is 1. The molecule has 3 rings (SSSR count). The maximum Gasteiger partial charge on any atom is 0.334 e. The van der Waals surface area contributed by atoms with Crippen LogP contribution in [0.4, 0.5) is 0 Å². The molecule has 0 spiro atoms. The fourth-order valence-electron chi connectivity index (χ4n) is 2.24. The van der Waals surface area contributed by atoms with E-state index in [0.717, 1.165) is 27.5 Å². The lowest BCUT2D eigenvalue weighted by molar-refractivity contribution is -0.0893. The van der Waals surface area contributed by atoms with E-state index in [1.807, 2.05) is 51.1 Å². The molecule has 4 nitrogen and oxygen atoms in total. The van der Waals surface area contributed by atoms with E-state index < -0.39 is 11.2 Å². The van der Waals surface area contributed by atoms with Crippen LogP contribution in [-0.4, -0.2) is 28.8 Å². The van der Waals surface area contributed by atoms with Crippen LogP contribution < -0.4 is 5.46 Å². The third-order valence-corrected chi connectivity index (χ3v) is 4.49. The Morgan fingerprint density at radius 1 is 1.09 bits per heavy atom. The highest BCUT2D eigenvalue weighted by molar-refractivity contribution is 6.51. The van der Waals surface area contributed by atoms with Gasteiger partial charge in [0.05, 0.1) is 11.2 Å². The minimum Gasteiger partial charge on any atom is -0.438 e. The molecule has 0 fully saturated rings. The zero-order valence-electron chi connectivity index (χ0n) is 14.2. The van der Waals surface area contributed by atoms with Gasteiger partial charge in [0.1, 0.15) is 5.58 Å². The number of benzene rings is 1. The molecule has 2 aromatic heterocycles. The first-order valence-corrected chi connectivity index (χ1v) is 7.71. The van der Waals surface area contributed by atoms with Crippen LogP contribution in [0.2, 0.25) is 0 Å². The molecule has 1 N–H and O–H groups in total. The number of rotatable bonds is 4. The first-order valence-electron chi connectivity index (χ1n) is 7.71. The van der Waals surface area contributed by atoms with Gasteiger partial charge in [-0.25, -0.2) is 4.98 Å². The molecule has 0 bridgehead atoms. The Morgan fingerprint density at radius 2 is 1.83 bits per heavy atom. The number of nitrogens with zero attached hydrogens (tertiary/aromatic N) is 1. The van der Waals surface area contributed by atoms with Gasteiger partial charge in [-0.2, -0.15) is 0 Å². The molecule has 0 unspecified atom stereocenters. The molecule has 2 heterocycles. The van der Waals surface area contributed by atoms with Crippen molar-refractivity contribution < 1.29 is 14.2 Å². The second-order valence-electron chi connectivity index (χ2n) is 6.94. The van der Waals surface area contributed by atoms with Gasteiger partial charge in [-0.1, -0.05) is 18.2 Å². The Labute approximate surface area is 136 Å². The number of hydrogen-bond donors (Lipinski definition) is 1. The van der Waals surface area contributed by atoms with E-state index in [0.29, 0.717) is 5.71 Å². The molecule has 0 saturated heterocycles. The SMILES string of the molecule is Cc1ccc2c(n1)oc1c([B]OC(C)(C)C(C)(C)O)cccc12. The first-order chi connectivity index (χ1) is 10.7. The van der Waals surface area contributed by atoms with Crippen LogP contribution >= 0.6 is 0 Å². The summed E-state index contributed by atoms with van der Waals surface area (Å²) in [5.41, 5.74) is 1.42. The maximum atomic E-state index is 10.2. The lowest BCUT2D eigenvalue weighted by Crippen LogP contribution is -2.49. The maximum absolute atomic E-state index is 10.2. The van der Waals surface area contributed by atoms with Crippen LogP contribution in [0.5, 0.6) is 0 Å². The highest BCUT2D eigenvalue weighted by atomic mass is 16.5. The molecule has 0 amide bonds. The summed E-state index contributed by atoms with van der Waals surface area (Å²) in [6.07, 6.45) is 0. The quantitative estimate of drug-likeness (QED) is 0.752. The van der Waals surface area contributed by atoms with Crippen LogP contribution in [0, 0.1) is 6.92 Å². The van der Waals surface area contributed by atoms with Crippen molar-refractivity contribution >= 4 is 35.0 Å². The lowest BCUT2D eigenvalue weighted by Gasteiger charge is -2.37. The molecule has 0 aliphatic rings. The van der Waals surface area contributed by atoms with E-state index in [4.69, 9.17) is 9.07 Å². The van der Waals surface area contributed by atoms with E-state index in [2.05, 4.69) is 4.98 Å². The molecule has 1 aromatic carbocycles. The van der Waals surface area contributed by atoms with E-state index in [-0.39, 0.29) is 0 Å². The molecule has 23 heavy (non-hydrogen) atoms. The highest BCUT2D eigenvalue weighted by Gasteiger charge is 2.36. The largest absolute Gasteiger partial charge is 0.438 e. The standard InChI is InChI=1S/C18H21BNO3/c1-11-9-10-13-12-7-6-8-14(15(12)22-16(13)20-11)19-23-18(4,5)17(2,3)21/h6-10,21H,1-5H3. The third-order valence-electron chi connectivity index (χ3n) is 4.49. The van der Waals surface area contributed by atoms with Crippen molar-refractivity contribution in [2.45, 2.75) is 45.8 Å². The van der Waals surface area contributed by atoms with Crippen LogP contribution in [0.3, 0.4) is 0 Å². The normalized spacial score (nSPS) is 13.0. The Bertz CT molecular complexity index is 862. The monoisotopic (exact) mass is 310 g/mol. The molecule has 119 valence electrons. The Kier molecular flexibility index (Phi) is 3.73. The van der Waals surface area contributed by atoms with Gasteiger partial charge < -0.3 is 14.2 Å². The number of hydrogen-bond acceptors (Lipinski definition) is 4. The third kappa shape index (κ3) is 2.86. The summed E-state index contributed by atoms with van der Waals surface area (Å²) < 4.78 is 11.8. The summed E-state index contributed by atoms with van der Waals surface area (Å²) in [4.78, 5) is 4.44. The zero-order chi connectivity index (χ0) is 16.8. The average Bonchev–Trinajstić information content (AvgIpc) is 2.81. The number of aryl methyl sites for hydroxylation is 1. The van der Waals surface area contributed by atoms with Gasteiger partial charge in [0.15, 0.2) is 0 Å². The van der Waals surface area contributed by atoms with Crippen molar-refractivity contribution in [3.05, 3.63) is 36.0 Å². The molecule has 0 saturated carbocycles. The predicted molar refractivity (Wildman–Crippen MR) is 93.1 cm³/mol. The lowest BCUT2D eigenvalue weighted by atomic mass is 9.82. The fraction of sp³-hybridized carbons (Fsp3) is 0.389. The summed E-state index contributed by atoms with van der Waals surface area (Å²) in [5, 5.41) is 12.2. The summed E-state index contributed by atoms with van der Waals surface area (Å²) >= 11 is 0. The average molecular weight is 310 g/mol. The Morgan fingerprint density at radius 3 is 2.52 bits per heavy atom. The smallest absolute Gasteiger partial charge is 0.334 e. The number of para-hydroxylation sites is 1. The molecular weight excluding hydrogens is 289 g/mol.